The van der Waals surface area contributed by atoms with Gasteiger partial charge in [0.05, 0.1) is 12.7 Å². The molecule has 0 amide bonds. The molecular formula is C29H44O4. The van der Waals surface area contributed by atoms with Crippen LogP contribution in [0.4, 0.5) is 0 Å². The molecule has 0 fully saturated rings. The highest BCUT2D eigenvalue weighted by molar-refractivity contribution is 5.38. The molecule has 184 valence electrons. The molecule has 0 aromatic heterocycles. The van der Waals surface area contributed by atoms with E-state index >= 15 is 0 Å². The summed E-state index contributed by atoms with van der Waals surface area (Å²) in [7, 11) is 0. The van der Waals surface area contributed by atoms with Crippen molar-refractivity contribution in [3.05, 3.63) is 64.2 Å². The quantitative estimate of drug-likeness (QED) is 0.351. The van der Waals surface area contributed by atoms with Crippen molar-refractivity contribution in [2.75, 3.05) is 13.2 Å². The van der Waals surface area contributed by atoms with Crippen LogP contribution in [-0.4, -0.2) is 40.7 Å². The number of hydrogen-bond donors (Lipinski definition) is 3. The van der Waals surface area contributed by atoms with E-state index in [-0.39, 0.29) is 19.3 Å². The van der Waals surface area contributed by atoms with E-state index < -0.39 is 6.10 Å². The van der Waals surface area contributed by atoms with Gasteiger partial charge >= 0.3 is 0 Å². The van der Waals surface area contributed by atoms with Crippen LogP contribution in [0.15, 0.2) is 36.4 Å². The molecule has 0 aliphatic rings. The normalized spacial score (nSPS) is 14.3. The average Bonchev–Trinajstić information content (AvgIpc) is 2.77. The predicted molar refractivity (Wildman–Crippen MR) is 136 cm³/mol. The first-order valence-electron chi connectivity index (χ1n) is 12.5. The van der Waals surface area contributed by atoms with Gasteiger partial charge in [0, 0.05) is 0 Å². The fourth-order valence-corrected chi connectivity index (χ4v) is 4.45. The first kappa shape index (κ1) is 27.4. The molecule has 0 aliphatic carbocycles. The zero-order valence-corrected chi connectivity index (χ0v) is 21.2. The summed E-state index contributed by atoms with van der Waals surface area (Å²) in [5.74, 6) is 1.76. The maximum absolute atomic E-state index is 10.2. The summed E-state index contributed by atoms with van der Waals surface area (Å²) in [6, 6.07) is 13.1. The topological polar surface area (TPSA) is 69.9 Å². The Bertz CT molecular complexity index is 846. The Morgan fingerprint density at radius 2 is 1.64 bits per heavy atom. The Hall–Kier alpha value is -1.88. The van der Waals surface area contributed by atoms with Crippen LogP contribution in [0, 0.1) is 19.8 Å². The molecular weight excluding hydrogens is 412 g/mol. The highest BCUT2D eigenvalue weighted by Gasteiger charge is 2.13. The van der Waals surface area contributed by atoms with Gasteiger partial charge in [-0.05, 0) is 98.1 Å². The molecule has 2 unspecified atom stereocenters. The number of hydrogen-bond acceptors (Lipinski definition) is 4. The van der Waals surface area contributed by atoms with Crippen LogP contribution < -0.4 is 4.74 Å². The molecule has 0 spiro atoms. The molecule has 33 heavy (non-hydrogen) atoms. The second kappa shape index (κ2) is 13.7. The van der Waals surface area contributed by atoms with Crippen LogP contribution in [-0.2, 0) is 12.8 Å². The van der Waals surface area contributed by atoms with Crippen LogP contribution in [0.2, 0.25) is 0 Å². The van der Waals surface area contributed by atoms with E-state index in [1.807, 2.05) is 13.0 Å². The zero-order chi connectivity index (χ0) is 24.4. The number of aliphatic hydroxyl groups excluding tert-OH is 3. The molecule has 0 bridgehead atoms. The minimum Gasteiger partial charge on any atom is -0.491 e. The van der Waals surface area contributed by atoms with Gasteiger partial charge in [-0.15, -0.1) is 0 Å². The first-order chi connectivity index (χ1) is 15.7. The van der Waals surface area contributed by atoms with Crippen LogP contribution >= 0.6 is 0 Å². The van der Waals surface area contributed by atoms with Gasteiger partial charge < -0.3 is 20.1 Å². The summed E-state index contributed by atoms with van der Waals surface area (Å²) in [6.07, 6.45) is 4.76. The fourth-order valence-electron chi connectivity index (χ4n) is 4.45. The Morgan fingerprint density at radius 1 is 0.879 bits per heavy atom. The Morgan fingerprint density at radius 3 is 2.24 bits per heavy atom. The van der Waals surface area contributed by atoms with Crippen LogP contribution in [0.25, 0.3) is 0 Å². The maximum atomic E-state index is 10.2. The largest absolute Gasteiger partial charge is 0.491 e. The standard InChI is InChI=1S/C29H44O4/c1-6-24(26-12-14-29(22(5)17-26)33-19-28(32)18-30)9-7-23-8-10-25(21(4)16-23)11-13-27(31)15-20(2)3/h8,10,12,14,16-17,20,24,27-28,30-32H,6-7,9,11,13,15,18-19H2,1-5H3/t24?,27?,28-/m0/s1. The van der Waals surface area contributed by atoms with E-state index in [2.05, 4.69) is 58.0 Å². The summed E-state index contributed by atoms with van der Waals surface area (Å²) in [6.45, 7) is 10.5. The molecule has 0 saturated heterocycles. The highest BCUT2D eigenvalue weighted by atomic mass is 16.5. The molecule has 4 nitrogen and oxygen atoms in total. The summed E-state index contributed by atoms with van der Waals surface area (Å²) in [4.78, 5) is 0. The molecule has 2 aromatic rings. The van der Waals surface area contributed by atoms with Crippen molar-refractivity contribution in [3.8, 4) is 5.75 Å². The van der Waals surface area contributed by atoms with Crippen molar-refractivity contribution >= 4 is 0 Å². The monoisotopic (exact) mass is 456 g/mol. The van der Waals surface area contributed by atoms with E-state index in [1.54, 1.807) is 0 Å². The van der Waals surface area contributed by atoms with Crippen LogP contribution in [0.5, 0.6) is 5.75 Å². The van der Waals surface area contributed by atoms with E-state index in [4.69, 9.17) is 9.84 Å². The van der Waals surface area contributed by atoms with Crippen molar-refractivity contribution in [1.82, 2.24) is 0 Å². The summed E-state index contributed by atoms with van der Waals surface area (Å²) < 4.78 is 5.64. The summed E-state index contributed by atoms with van der Waals surface area (Å²) in [5.41, 5.74) is 6.39. The first-order valence-corrected chi connectivity index (χ1v) is 12.5. The van der Waals surface area contributed by atoms with Crippen molar-refractivity contribution < 1.29 is 20.1 Å². The van der Waals surface area contributed by atoms with E-state index in [1.165, 1.54) is 22.3 Å². The molecule has 4 heteroatoms. The van der Waals surface area contributed by atoms with Gasteiger partial charge in [0.25, 0.3) is 0 Å². The van der Waals surface area contributed by atoms with Gasteiger partial charge in [0.2, 0.25) is 0 Å². The fraction of sp³-hybridized carbons (Fsp3) is 0.586. The van der Waals surface area contributed by atoms with Crippen molar-refractivity contribution in [1.29, 1.82) is 0 Å². The Kier molecular flexibility index (Phi) is 11.4. The molecule has 0 saturated carbocycles. The second-order valence-corrected chi connectivity index (χ2v) is 9.90. The van der Waals surface area contributed by atoms with E-state index in [9.17, 15) is 10.2 Å². The lowest BCUT2D eigenvalue weighted by molar-refractivity contribution is 0.0534. The van der Waals surface area contributed by atoms with Gasteiger partial charge in [-0.2, -0.15) is 0 Å². The minimum atomic E-state index is -0.854. The number of rotatable bonds is 14. The molecule has 0 heterocycles. The van der Waals surface area contributed by atoms with Crippen LogP contribution in [0.1, 0.15) is 80.2 Å². The lowest BCUT2D eigenvalue weighted by Gasteiger charge is -2.19. The Labute approximate surface area is 200 Å². The lowest BCUT2D eigenvalue weighted by Crippen LogP contribution is -2.21. The van der Waals surface area contributed by atoms with Gasteiger partial charge in [-0.3, -0.25) is 0 Å². The number of ether oxygens (including phenoxy) is 1. The summed E-state index contributed by atoms with van der Waals surface area (Å²) in [5, 5.41) is 28.6. The van der Waals surface area contributed by atoms with E-state index in [0.717, 1.165) is 49.8 Å². The molecule has 3 atom stereocenters. The third-order valence-corrected chi connectivity index (χ3v) is 6.48. The Balaban J connectivity index is 1.94. The third-order valence-electron chi connectivity index (χ3n) is 6.48. The van der Waals surface area contributed by atoms with Gasteiger partial charge in [0.1, 0.15) is 18.5 Å². The van der Waals surface area contributed by atoms with E-state index in [0.29, 0.717) is 11.8 Å². The summed E-state index contributed by atoms with van der Waals surface area (Å²) >= 11 is 0. The molecule has 2 rings (SSSR count). The van der Waals surface area contributed by atoms with Crippen molar-refractivity contribution in [3.63, 3.8) is 0 Å². The SMILES string of the molecule is CCC(CCc1ccc(CCC(O)CC(C)C)c(C)c1)c1ccc(OC[C@@H](O)CO)c(C)c1. The maximum Gasteiger partial charge on any atom is 0.122 e. The highest BCUT2D eigenvalue weighted by Crippen LogP contribution is 2.30. The van der Waals surface area contributed by atoms with Gasteiger partial charge in [-0.1, -0.05) is 51.1 Å². The van der Waals surface area contributed by atoms with Crippen molar-refractivity contribution in [2.45, 2.75) is 91.3 Å². The molecule has 2 aromatic carbocycles. The number of benzene rings is 2. The number of aryl methyl sites for hydroxylation is 4. The zero-order valence-electron chi connectivity index (χ0n) is 21.2. The predicted octanol–water partition coefficient (Wildman–Crippen LogP) is 5.50. The minimum absolute atomic E-state index is 0.0971. The third kappa shape index (κ3) is 9.11. The van der Waals surface area contributed by atoms with Crippen LogP contribution in [0.3, 0.4) is 0 Å². The van der Waals surface area contributed by atoms with Gasteiger partial charge in [0.15, 0.2) is 0 Å². The lowest BCUT2D eigenvalue weighted by atomic mass is 9.88. The second-order valence-electron chi connectivity index (χ2n) is 9.90. The van der Waals surface area contributed by atoms with Gasteiger partial charge in [-0.25, -0.2) is 0 Å². The smallest absolute Gasteiger partial charge is 0.122 e. The molecule has 0 radical (unpaired) electrons. The number of aliphatic hydroxyl groups is 3. The molecule has 3 N–H and O–H groups in total. The average molecular weight is 457 g/mol. The van der Waals surface area contributed by atoms with Crippen molar-refractivity contribution in [2.24, 2.45) is 5.92 Å². The molecule has 0 aliphatic heterocycles.